The lowest BCUT2D eigenvalue weighted by Crippen LogP contribution is -2.50. The second kappa shape index (κ2) is 9.68. The third-order valence-electron chi connectivity index (χ3n) is 4.60. The minimum atomic E-state index is -1.08. The number of benzene rings is 1. The van der Waals surface area contributed by atoms with E-state index in [9.17, 15) is 14.9 Å². The number of nitro groups is 1. The number of nitrogens with zero attached hydrogens (tertiary/aromatic N) is 3. The van der Waals surface area contributed by atoms with E-state index in [4.69, 9.17) is 5.73 Å². The number of anilines is 1. The molecule has 3 N–H and O–H groups in total. The highest BCUT2D eigenvalue weighted by Crippen LogP contribution is 2.24. The number of halogens is 2. The van der Waals surface area contributed by atoms with Crippen molar-refractivity contribution in [1.82, 2.24) is 9.88 Å². The third kappa shape index (κ3) is 5.09. The second-order valence-electron chi connectivity index (χ2n) is 6.61. The van der Waals surface area contributed by atoms with E-state index < -0.39 is 10.5 Å². The van der Waals surface area contributed by atoms with Gasteiger partial charge in [-0.1, -0.05) is 30.3 Å². The van der Waals surface area contributed by atoms with Crippen LogP contribution < -0.4 is 11.1 Å². The van der Waals surface area contributed by atoms with Crippen LogP contribution in [-0.4, -0.2) is 39.8 Å². The van der Waals surface area contributed by atoms with Crippen LogP contribution in [0.25, 0.3) is 0 Å². The summed E-state index contributed by atoms with van der Waals surface area (Å²) in [7, 11) is 0. The van der Waals surface area contributed by atoms with Gasteiger partial charge in [0.15, 0.2) is 0 Å². The number of likely N-dealkylation sites (tertiary alicyclic amines) is 1. The molecule has 0 radical (unpaired) electrons. The summed E-state index contributed by atoms with van der Waals surface area (Å²) in [6.07, 6.45) is 1.97. The summed E-state index contributed by atoms with van der Waals surface area (Å²) >= 11 is 0. The van der Waals surface area contributed by atoms with Gasteiger partial charge < -0.3 is 16.0 Å². The van der Waals surface area contributed by atoms with Gasteiger partial charge in [-0.05, 0) is 25.0 Å². The van der Waals surface area contributed by atoms with E-state index in [-0.39, 0.29) is 42.5 Å². The Morgan fingerprint density at radius 2 is 1.96 bits per heavy atom. The van der Waals surface area contributed by atoms with Crippen LogP contribution in [0.5, 0.6) is 0 Å². The molecule has 0 spiro atoms. The topological polar surface area (TPSA) is 114 Å². The number of pyridine rings is 1. The molecule has 2 unspecified atom stereocenters. The zero-order chi connectivity index (χ0) is 18.7. The van der Waals surface area contributed by atoms with E-state index in [0.29, 0.717) is 18.9 Å². The molecule has 0 saturated carbocycles. The Morgan fingerprint density at radius 3 is 2.54 bits per heavy atom. The molecule has 1 aromatic heterocycles. The molecule has 1 amide bonds. The van der Waals surface area contributed by atoms with E-state index >= 15 is 0 Å². The summed E-state index contributed by atoms with van der Waals surface area (Å²) < 4.78 is 0. The number of carbonyl (C=O) groups excluding carboxylic acids is 1. The van der Waals surface area contributed by atoms with Gasteiger partial charge in [-0.2, -0.15) is 0 Å². The van der Waals surface area contributed by atoms with Crippen molar-refractivity contribution in [1.29, 1.82) is 0 Å². The van der Waals surface area contributed by atoms with Crippen molar-refractivity contribution < 1.29 is 9.72 Å². The SMILES string of the molecule is CC(N)(C(=O)N1CCC(Nc2ccc([N+](=O)[O-])cn2)C1)c1ccccc1.Cl.Cl. The van der Waals surface area contributed by atoms with Gasteiger partial charge in [-0.15, -0.1) is 24.8 Å². The van der Waals surface area contributed by atoms with Gasteiger partial charge in [0.2, 0.25) is 5.91 Å². The molecule has 10 heteroatoms. The maximum absolute atomic E-state index is 12.9. The summed E-state index contributed by atoms with van der Waals surface area (Å²) in [5.41, 5.74) is 5.96. The van der Waals surface area contributed by atoms with Crippen molar-refractivity contribution in [3.63, 3.8) is 0 Å². The van der Waals surface area contributed by atoms with Crippen LogP contribution in [0.15, 0.2) is 48.7 Å². The van der Waals surface area contributed by atoms with Gasteiger partial charge >= 0.3 is 0 Å². The number of nitrogens with two attached hydrogens (primary N) is 1. The van der Waals surface area contributed by atoms with E-state index in [1.807, 2.05) is 30.3 Å². The molecule has 152 valence electrons. The van der Waals surface area contributed by atoms with Crippen molar-refractivity contribution in [2.24, 2.45) is 5.73 Å². The third-order valence-corrected chi connectivity index (χ3v) is 4.60. The van der Waals surface area contributed by atoms with Gasteiger partial charge in [-0.25, -0.2) is 4.98 Å². The van der Waals surface area contributed by atoms with Gasteiger partial charge in [0, 0.05) is 25.2 Å². The summed E-state index contributed by atoms with van der Waals surface area (Å²) in [6, 6.07) is 12.3. The number of rotatable bonds is 5. The molecule has 1 fully saturated rings. The van der Waals surface area contributed by atoms with E-state index in [1.165, 1.54) is 12.3 Å². The molecule has 1 aliphatic rings. The molecule has 0 aliphatic carbocycles. The average molecular weight is 428 g/mol. The number of amides is 1. The highest BCUT2D eigenvalue weighted by Gasteiger charge is 2.37. The Morgan fingerprint density at radius 1 is 1.29 bits per heavy atom. The van der Waals surface area contributed by atoms with Crippen LogP contribution in [0.1, 0.15) is 18.9 Å². The average Bonchev–Trinajstić information content (AvgIpc) is 3.10. The largest absolute Gasteiger partial charge is 0.365 e. The lowest BCUT2D eigenvalue weighted by atomic mass is 9.92. The number of aromatic nitrogens is 1. The van der Waals surface area contributed by atoms with E-state index in [1.54, 1.807) is 17.9 Å². The van der Waals surface area contributed by atoms with Crippen molar-refractivity contribution in [2.75, 3.05) is 18.4 Å². The number of hydrogen-bond acceptors (Lipinski definition) is 6. The van der Waals surface area contributed by atoms with Crippen molar-refractivity contribution in [3.05, 3.63) is 64.3 Å². The molecule has 1 aromatic carbocycles. The minimum absolute atomic E-state index is 0. The normalized spacial score (nSPS) is 17.6. The molecule has 2 heterocycles. The van der Waals surface area contributed by atoms with Gasteiger partial charge in [0.05, 0.1) is 4.92 Å². The Bertz CT molecular complexity index is 803. The van der Waals surface area contributed by atoms with E-state index in [2.05, 4.69) is 10.3 Å². The van der Waals surface area contributed by atoms with Crippen LogP contribution in [-0.2, 0) is 10.3 Å². The number of nitrogens with one attached hydrogen (secondary N) is 1. The molecule has 2 atom stereocenters. The Hall–Kier alpha value is -2.42. The first-order chi connectivity index (χ1) is 12.4. The predicted molar refractivity (Wildman–Crippen MR) is 112 cm³/mol. The number of hydrogen-bond donors (Lipinski definition) is 2. The quantitative estimate of drug-likeness (QED) is 0.559. The maximum Gasteiger partial charge on any atom is 0.287 e. The van der Waals surface area contributed by atoms with Crippen LogP contribution >= 0.6 is 24.8 Å². The van der Waals surface area contributed by atoms with Gasteiger partial charge in [-0.3, -0.25) is 14.9 Å². The smallest absolute Gasteiger partial charge is 0.287 e. The summed E-state index contributed by atoms with van der Waals surface area (Å²) in [4.78, 5) is 28.8. The molecule has 28 heavy (non-hydrogen) atoms. The highest BCUT2D eigenvalue weighted by molar-refractivity contribution is 5.87. The maximum atomic E-state index is 12.9. The van der Waals surface area contributed by atoms with Crippen LogP contribution in [0.2, 0.25) is 0 Å². The summed E-state index contributed by atoms with van der Waals surface area (Å²) in [6.45, 7) is 2.84. The first-order valence-electron chi connectivity index (χ1n) is 8.38. The predicted octanol–water partition coefficient (Wildman–Crippen LogP) is 2.72. The fraction of sp³-hybridized carbons (Fsp3) is 0.333. The summed E-state index contributed by atoms with van der Waals surface area (Å²) in [5.74, 6) is 0.429. The second-order valence-corrected chi connectivity index (χ2v) is 6.61. The molecule has 1 saturated heterocycles. The van der Waals surface area contributed by atoms with Crippen LogP contribution in [0.3, 0.4) is 0 Å². The Kier molecular flexibility index (Phi) is 8.16. The lowest BCUT2D eigenvalue weighted by Gasteiger charge is -2.29. The minimum Gasteiger partial charge on any atom is -0.365 e. The van der Waals surface area contributed by atoms with Crippen molar-refractivity contribution in [2.45, 2.75) is 24.9 Å². The highest BCUT2D eigenvalue weighted by atomic mass is 35.5. The van der Waals surface area contributed by atoms with Gasteiger partial charge in [0.25, 0.3) is 5.69 Å². The molecular weight excluding hydrogens is 405 g/mol. The molecule has 2 aromatic rings. The van der Waals surface area contributed by atoms with Crippen molar-refractivity contribution in [3.8, 4) is 0 Å². The van der Waals surface area contributed by atoms with E-state index in [0.717, 1.165) is 12.0 Å². The molecular formula is C18H23Cl2N5O3. The van der Waals surface area contributed by atoms with Crippen LogP contribution in [0, 0.1) is 10.1 Å². The van der Waals surface area contributed by atoms with Gasteiger partial charge in [0.1, 0.15) is 17.6 Å². The fourth-order valence-electron chi connectivity index (χ4n) is 3.09. The molecule has 1 aliphatic heterocycles. The lowest BCUT2D eigenvalue weighted by molar-refractivity contribution is -0.385. The Balaban J connectivity index is 0.00000196. The zero-order valence-electron chi connectivity index (χ0n) is 15.3. The van der Waals surface area contributed by atoms with Crippen molar-refractivity contribution >= 4 is 42.2 Å². The first-order valence-corrected chi connectivity index (χ1v) is 8.38. The zero-order valence-corrected chi connectivity index (χ0v) is 16.9. The Labute approximate surface area is 175 Å². The first kappa shape index (κ1) is 23.6. The monoisotopic (exact) mass is 427 g/mol. The molecule has 0 bridgehead atoms. The van der Waals surface area contributed by atoms with Crippen LogP contribution in [0.4, 0.5) is 11.5 Å². The molecule has 8 nitrogen and oxygen atoms in total. The summed E-state index contributed by atoms with van der Waals surface area (Å²) in [5, 5.41) is 13.9. The fourth-order valence-corrected chi connectivity index (χ4v) is 3.09. The standard InChI is InChI=1S/C18H21N5O3.2ClH/c1-18(19,13-5-3-2-4-6-13)17(24)22-10-9-14(12-22)21-16-8-7-15(11-20-16)23(25)26;;/h2-8,11,14H,9-10,12,19H2,1H3,(H,20,21);2*1H. The number of carbonyl (C=O) groups is 1. The molecule has 3 rings (SSSR count).